The standard InChI is InChI=1S/C12H11N3O2S2/c1-19(16,17)9-4-2-3-7-11(9)15-12(14-7)8-5-6-10(13)18-8/h2-6H,13H2,1H3,(H,14,15). The molecule has 0 radical (unpaired) electrons. The molecule has 1 aromatic carbocycles. The van der Waals surface area contributed by atoms with Crippen LogP contribution in [-0.2, 0) is 9.84 Å². The van der Waals surface area contributed by atoms with E-state index in [1.165, 1.54) is 17.6 Å². The van der Waals surface area contributed by atoms with Crippen LogP contribution < -0.4 is 5.73 Å². The normalized spacial score (nSPS) is 12.1. The fourth-order valence-corrected chi connectivity index (χ4v) is 3.45. The lowest BCUT2D eigenvalue weighted by Gasteiger charge is -1.97. The number of aromatic amines is 1. The molecule has 0 aliphatic heterocycles. The second-order valence-corrected chi connectivity index (χ2v) is 7.31. The summed E-state index contributed by atoms with van der Waals surface area (Å²) in [5, 5.41) is 0.693. The van der Waals surface area contributed by atoms with Crippen LogP contribution in [0.15, 0.2) is 35.2 Å². The van der Waals surface area contributed by atoms with Gasteiger partial charge in [-0.25, -0.2) is 13.4 Å². The highest BCUT2D eigenvalue weighted by molar-refractivity contribution is 7.91. The molecule has 0 atom stereocenters. The lowest BCUT2D eigenvalue weighted by atomic mass is 10.3. The van der Waals surface area contributed by atoms with Crippen LogP contribution in [0.5, 0.6) is 0 Å². The molecule has 19 heavy (non-hydrogen) atoms. The molecule has 0 unspecified atom stereocenters. The van der Waals surface area contributed by atoms with Crippen LogP contribution in [0.1, 0.15) is 0 Å². The third-order valence-electron chi connectivity index (χ3n) is 2.74. The fraction of sp³-hybridized carbons (Fsp3) is 0.0833. The van der Waals surface area contributed by atoms with E-state index in [9.17, 15) is 8.42 Å². The Morgan fingerprint density at radius 2 is 2.05 bits per heavy atom. The van der Waals surface area contributed by atoms with Crippen molar-refractivity contribution in [1.29, 1.82) is 0 Å². The van der Waals surface area contributed by atoms with Gasteiger partial charge in [0.05, 0.1) is 20.3 Å². The molecule has 7 heteroatoms. The molecule has 0 saturated heterocycles. The van der Waals surface area contributed by atoms with Crippen molar-refractivity contribution in [3.8, 4) is 10.7 Å². The van der Waals surface area contributed by atoms with E-state index < -0.39 is 9.84 Å². The van der Waals surface area contributed by atoms with E-state index in [1.54, 1.807) is 24.3 Å². The van der Waals surface area contributed by atoms with Gasteiger partial charge in [0, 0.05) is 6.26 Å². The molecule has 0 spiro atoms. The van der Waals surface area contributed by atoms with Crippen LogP contribution in [-0.4, -0.2) is 24.6 Å². The summed E-state index contributed by atoms with van der Waals surface area (Å²) in [6.07, 6.45) is 1.18. The van der Waals surface area contributed by atoms with E-state index in [0.29, 0.717) is 21.9 Å². The zero-order valence-electron chi connectivity index (χ0n) is 10.0. The van der Waals surface area contributed by atoms with Crippen molar-refractivity contribution in [3.63, 3.8) is 0 Å². The molecule has 3 aromatic rings. The van der Waals surface area contributed by atoms with Crippen LogP contribution in [0.25, 0.3) is 21.7 Å². The van der Waals surface area contributed by atoms with Gasteiger partial charge in [-0.2, -0.15) is 0 Å². The SMILES string of the molecule is CS(=O)(=O)c1cccc2[nH]c(-c3ccc(N)s3)nc12. The summed E-state index contributed by atoms with van der Waals surface area (Å²) < 4.78 is 23.5. The topological polar surface area (TPSA) is 88.8 Å². The number of fused-ring (bicyclic) bond motifs is 1. The number of nitrogen functional groups attached to an aromatic ring is 1. The largest absolute Gasteiger partial charge is 0.391 e. The Bertz CT molecular complexity index is 862. The quantitative estimate of drug-likeness (QED) is 0.758. The maximum atomic E-state index is 11.7. The van der Waals surface area contributed by atoms with E-state index in [4.69, 9.17) is 5.73 Å². The first-order chi connectivity index (χ1) is 8.95. The molecule has 0 saturated carbocycles. The molecule has 2 heterocycles. The molecule has 2 aromatic heterocycles. The van der Waals surface area contributed by atoms with Crippen LogP contribution in [0.3, 0.4) is 0 Å². The van der Waals surface area contributed by atoms with Gasteiger partial charge >= 0.3 is 0 Å². The van der Waals surface area contributed by atoms with Crippen molar-refractivity contribution in [2.75, 3.05) is 12.0 Å². The van der Waals surface area contributed by atoms with Crippen molar-refractivity contribution < 1.29 is 8.42 Å². The van der Waals surface area contributed by atoms with E-state index in [1.807, 2.05) is 6.07 Å². The summed E-state index contributed by atoms with van der Waals surface area (Å²) >= 11 is 1.40. The Balaban J connectivity index is 2.27. The first kappa shape index (κ1) is 12.2. The second kappa shape index (κ2) is 4.07. The molecule has 3 N–H and O–H groups in total. The lowest BCUT2D eigenvalue weighted by Crippen LogP contribution is -1.97. The second-order valence-electron chi connectivity index (χ2n) is 4.21. The number of aromatic nitrogens is 2. The zero-order chi connectivity index (χ0) is 13.6. The third-order valence-corrected chi connectivity index (χ3v) is 4.78. The molecule has 5 nitrogen and oxygen atoms in total. The Hall–Kier alpha value is -1.86. The Morgan fingerprint density at radius 1 is 1.26 bits per heavy atom. The van der Waals surface area contributed by atoms with Gasteiger partial charge < -0.3 is 10.7 Å². The van der Waals surface area contributed by atoms with Gasteiger partial charge in [0.25, 0.3) is 0 Å². The maximum absolute atomic E-state index is 11.7. The van der Waals surface area contributed by atoms with Crippen molar-refractivity contribution >= 4 is 37.2 Å². The minimum Gasteiger partial charge on any atom is -0.391 e. The van der Waals surface area contributed by atoms with Gasteiger partial charge in [-0.1, -0.05) is 6.07 Å². The molecule has 0 aliphatic carbocycles. The lowest BCUT2D eigenvalue weighted by molar-refractivity contribution is 0.602. The maximum Gasteiger partial charge on any atom is 0.177 e. The molecule has 98 valence electrons. The number of imidazole rings is 1. The Morgan fingerprint density at radius 3 is 2.68 bits per heavy atom. The van der Waals surface area contributed by atoms with E-state index in [-0.39, 0.29) is 4.90 Å². The number of sulfone groups is 1. The van der Waals surface area contributed by atoms with Gasteiger partial charge in [-0.05, 0) is 24.3 Å². The van der Waals surface area contributed by atoms with Crippen LogP contribution in [0.2, 0.25) is 0 Å². The summed E-state index contributed by atoms with van der Waals surface area (Å²) in [5.74, 6) is 0.632. The third kappa shape index (κ3) is 2.11. The highest BCUT2D eigenvalue weighted by Gasteiger charge is 2.16. The van der Waals surface area contributed by atoms with Crippen LogP contribution in [0.4, 0.5) is 5.00 Å². The Labute approximate surface area is 114 Å². The first-order valence-corrected chi connectivity index (χ1v) is 8.20. The molecule has 0 aliphatic rings. The molecule has 0 amide bonds. The van der Waals surface area contributed by atoms with Crippen LogP contribution >= 0.6 is 11.3 Å². The smallest absolute Gasteiger partial charge is 0.177 e. The number of nitrogens with one attached hydrogen (secondary N) is 1. The van der Waals surface area contributed by atoms with Crippen LogP contribution in [0, 0.1) is 0 Å². The summed E-state index contributed by atoms with van der Waals surface area (Å²) in [7, 11) is -3.30. The van der Waals surface area contributed by atoms with Crippen molar-refractivity contribution in [2.24, 2.45) is 0 Å². The summed E-state index contributed by atoms with van der Waals surface area (Å²) in [6.45, 7) is 0. The highest BCUT2D eigenvalue weighted by atomic mass is 32.2. The number of nitrogens with two attached hydrogens (primary N) is 1. The van der Waals surface area contributed by atoms with Crippen molar-refractivity contribution in [3.05, 3.63) is 30.3 Å². The van der Waals surface area contributed by atoms with Crippen molar-refractivity contribution in [2.45, 2.75) is 4.90 Å². The van der Waals surface area contributed by atoms with Gasteiger partial charge in [-0.15, -0.1) is 11.3 Å². The number of hydrogen-bond acceptors (Lipinski definition) is 5. The molecule has 3 rings (SSSR count). The Kier molecular flexibility index (Phi) is 2.61. The molecular formula is C12H11N3O2S2. The number of rotatable bonds is 2. The van der Waals surface area contributed by atoms with Gasteiger partial charge in [-0.3, -0.25) is 0 Å². The number of anilines is 1. The summed E-state index contributed by atoms with van der Waals surface area (Å²) in [5.41, 5.74) is 6.85. The van der Waals surface area contributed by atoms with Crippen molar-refractivity contribution in [1.82, 2.24) is 9.97 Å². The minimum absolute atomic E-state index is 0.233. The average molecular weight is 293 g/mol. The highest BCUT2D eigenvalue weighted by Crippen LogP contribution is 2.30. The molecular weight excluding hydrogens is 282 g/mol. The van der Waals surface area contributed by atoms with E-state index in [0.717, 1.165) is 4.88 Å². The van der Waals surface area contributed by atoms with Gasteiger partial charge in [0.15, 0.2) is 9.84 Å². The first-order valence-electron chi connectivity index (χ1n) is 5.49. The number of benzene rings is 1. The molecule has 0 bridgehead atoms. The number of thiophene rings is 1. The van der Waals surface area contributed by atoms with Gasteiger partial charge in [0.1, 0.15) is 11.3 Å². The molecule has 0 fully saturated rings. The zero-order valence-corrected chi connectivity index (χ0v) is 11.7. The average Bonchev–Trinajstić information content (AvgIpc) is 2.92. The monoisotopic (exact) mass is 293 g/mol. The number of hydrogen-bond donors (Lipinski definition) is 2. The summed E-state index contributed by atoms with van der Waals surface area (Å²) in [6, 6.07) is 8.72. The van der Waals surface area contributed by atoms with E-state index >= 15 is 0 Å². The number of nitrogens with zero attached hydrogens (tertiary/aromatic N) is 1. The number of para-hydroxylation sites is 1. The van der Waals surface area contributed by atoms with Gasteiger partial charge in [0.2, 0.25) is 0 Å². The predicted molar refractivity (Wildman–Crippen MR) is 76.9 cm³/mol. The summed E-state index contributed by atoms with van der Waals surface area (Å²) in [4.78, 5) is 8.62. The number of H-pyrrole nitrogens is 1. The van der Waals surface area contributed by atoms with E-state index in [2.05, 4.69) is 9.97 Å². The predicted octanol–water partition coefficient (Wildman–Crippen LogP) is 2.28. The minimum atomic E-state index is -3.30. The fourth-order valence-electron chi connectivity index (χ4n) is 1.90.